The largest absolute Gasteiger partial charge is 0.494 e. The molecule has 4 heterocycles. The minimum absolute atomic E-state index is 0.0343. The Kier molecular flexibility index (Phi) is 9.16. The summed E-state index contributed by atoms with van der Waals surface area (Å²) in [6.45, 7) is 4.39. The number of benzene rings is 2. The maximum Gasteiger partial charge on any atom is 0.416 e. The molecule has 13 heteroatoms. The summed E-state index contributed by atoms with van der Waals surface area (Å²) < 4.78 is 50.7. The van der Waals surface area contributed by atoms with Gasteiger partial charge in [0.2, 0.25) is 5.69 Å². The summed E-state index contributed by atoms with van der Waals surface area (Å²) in [4.78, 5) is 33.7. The number of amides is 2. The van der Waals surface area contributed by atoms with Crippen LogP contribution in [-0.2, 0) is 6.18 Å². The molecule has 0 spiro atoms. The van der Waals surface area contributed by atoms with E-state index in [1.807, 2.05) is 0 Å². The number of carbonyl (C=O) groups is 2. The molecule has 1 aliphatic rings. The average molecular weight is 657 g/mol. The Hall–Kier alpha value is -5.64. The van der Waals surface area contributed by atoms with Crippen molar-refractivity contribution in [2.75, 3.05) is 18.5 Å². The highest BCUT2D eigenvalue weighted by Crippen LogP contribution is 2.33. The van der Waals surface area contributed by atoms with E-state index in [0.29, 0.717) is 47.1 Å². The number of rotatable bonds is 3. The number of nitrogens with zero attached hydrogens (tertiary/aromatic N) is 4. The van der Waals surface area contributed by atoms with Gasteiger partial charge in [0.15, 0.2) is 5.69 Å². The van der Waals surface area contributed by atoms with Gasteiger partial charge in [-0.3, -0.25) is 9.59 Å². The van der Waals surface area contributed by atoms with E-state index in [1.165, 1.54) is 21.5 Å². The SMILES string of the molecule is Cc1cn(-c2cc(NC(=O)c3cc4cc(c3C)C#Cc3c[nH+]c5ccc(nn35)C(=O)NCCCCCCCO4)cc(C(F)(F)F)c2)cn1. The maximum absolute atomic E-state index is 13.9. The molecule has 1 aliphatic heterocycles. The van der Waals surface area contributed by atoms with Gasteiger partial charge in [0.1, 0.15) is 11.9 Å². The second-order valence-electron chi connectivity index (χ2n) is 11.6. The third-order valence-corrected chi connectivity index (χ3v) is 7.99. The van der Waals surface area contributed by atoms with E-state index in [2.05, 4.69) is 37.5 Å². The number of H-pyrrole nitrogens is 1. The van der Waals surface area contributed by atoms with Gasteiger partial charge in [-0.15, -0.1) is 0 Å². The van der Waals surface area contributed by atoms with Crippen LogP contribution in [0.25, 0.3) is 11.3 Å². The summed E-state index contributed by atoms with van der Waals surface area (Å²) in [5, 5.41) is 10.0. The highest BCUT2D eigenvalue weighted by Gasteiger charge is 2.32. The molecule has 0 saturated heterocycles. The Morgan fingerprint density at radius 2 is 1.85 bits per heavy atom. The molecule has 0 saturated carbocycles. The number of aromatic amines is 1. The van der Waals surface area contributed by atoms with Crippen LogP contribution < -0.4 is 20.4 Å². The molecule has 48 heavy (non-hydrogen) atoms. The maximum atomic E-state index is 13.9. The molecular weight excluding hydrogens is 623 g/mol. The average Bonchev–Trinajstić information content (AvgIpc) is 3.68. The van der Waals surface area contributed by atoms with Crippen LogP contribution in [0.15, 0.2) is 61.2 Å². The summed E-state index contributed by atoms with van der Waals surface area (Å²) in [7, 11) is 0. The van der Waals surface area contributed by atoms with Gasteiger partial charge < -0.3 is 19.9 Å². The van der Waals surface area contributed by atoms with Crippen molar-refractivity contribution in [2.45, 2.75) is 52.1 Å². The van der Waals surface area contributed by atoms with E-state index >= 15 is 0 Å². The lowest BCUT2D eigenvalue weighted by molar-refractivity contribution is -0.344. The molecule has 2 aromatic carbocycles. The minimum atomic E-state index is -4.64. The fourth-order valence-electron chi connectivity index (χ4n) is 5.39. The van der Waals surface area contributed by atoms with Crippen molar-refractivity contribution < 1.29 is 32.5 Å². The second-order valence-corrected chi connectivity index (χ2v) is 11.6. The van der Waals surface area contributed by atoms with Gasteiger partial charge in [-0.05, 0) is 74.6 Å². The minimum Gasteiger partial charge on any atom is -0.494 e. The number of aryl methyl sites for hydroxylation is 1. The normalized spacial score (nSPS) is 14.2. The first-order valence-corrected chi connectivity index (χ1v) is 15.6. The van der Waals surface area contributed by atoms with Crippen molar-refractivity contribution in [3.63, 3.8) is 0 Å². The number of aromatic nitrogens is 5. The standard InChI is InChI=1S/C35H32F3N7O3/c1-22-20-44(21-41-22)28-16-25(35(36,37)38)15-26(17-28)42-33(46)30-18-29-14-24(23(30)2)8-9-27-19-40-32-11-10-31(43-45(27)32)34(47)39-12-6-4-3-5-7-13-48-29/h10-11,14-21H,3-7,12-13H2,1-2H3,(H,39,47)(H,42,46)/p+1. The molecule has 0 unspecified atom stereocenters. The number of halogens is 3. The third-order valence-electron chi connectivity index (χ3n) is 7.99. The summed E-state index contributed by atoms with van der Waals surface area (Å²) in [6.07, 6.45) is 4.45. The number of anilines is 1. The lowest BCUT2D eigenvalue weighted by Gasteiger charge is -2.15. The summed E-state index contributed by atoms with van der Waals surface area (Å²) in [5.74, 6) is 5.69. The fourth-order valence-corrected chi connectivity index (χ4v) is 5.39. The van der Waals surface area contributed by atoms with Crippen LogP contribution in [-0.4, -0.2) is 44.1 Å². The molecule has 0 fully saturated rings. The predicted octanol–water partition coefficient (Wildman–Crippen LogP) is 5.69. The molecule has 0 aliphatic carbocycles. The Bertz CT molecular complexity index is 2070. The van der Waals surface area contributed by atoms with Crippen LogP contribution in [0.3, 0.4) is 0 Å². The molecule has 3 aromatic heterocycles. The zero-order valence-electron chi connectivity index (χ0n) is 26.4. The van der Waals surface area contributed by atoms with Crippen molar-refractivity contribution in [3.05, 3.63) is 101 Å². The van der Waals surface area contributed by atoms with E-state index in [9.17, 15) is 22.8 Å². The second kappa shape index (κ2) is 13.6. The van der Waals surface area contributed by atoms with E-state index in [-0.39, 0.29) is 28.5 Å². The Balaban J connectivity index is 1.38. The molecule has 4 bridgehead atoms. The van der Waals surface area contributed by atoms with Crippen LogP contribution in [0, 0.1) is 25.7 Å². The molecule has 246 valence electrons. The van der Waals surface area contributed by atoms with Gasteiger partial charge in [0.05, 0.1) is 24.2 Å². The lowest BCUT2D eigenvalue weighted by Crippen LogP contribution is -2.26. The molecule has 5 aromatic rings. The van der Waals surface area contributed by atoms with E-state index in [4.69, 9.17) is 4.74 Å². The van der Waals surface area contributed by atoms with E-state index < -0.39 is 17.6 Å². The first kappa shape index (κ1) is 32.3. The Morgan fingerprint density at radius 3 is 2.65 bits per heavy atom. The monoisotopic (exact) mass is 656 g/mol. The number of ether oxygens (including phenoxy) is 1. The molecular formula is C35H33F3N7O3+. The van der Waals surface area contributed by atoms with Crippen molar-refractivity contribution >= 4 is 23.1 Å². The number of carbonyl (C=O) groups excluding carboxylic acids is 2. The Labute approximate surface area is 274 Å². The van der Waals surface area contributed by atoms with Crippen molar-refractivity contribution in [2.24, 2.45) is 0 Å². The van der Waals surface area contributed by atoms with Crippen molar-refractivity contribution in [1.29, 1.82) is 0 Å². The topological polar surface area (TPSA) is 117 Å². The van der Waals surface area contributed by atoms with Crippen LogP contribution in [0.4, 0.5) is 18.9 Å². The van der Waals surface area contributed by atoms with Gasteiger partial charge in [0.25, 0.3) is 11.8 Å². The molecule has 2 amide bonds. The Morgan fingerprint density at radius 1 is 1.04 bits per heavy atom. The van der Waals surface area contributed by atoms with Gasteiger partial charge in [-0.2, -0.15) is 13.2 Å². The lowest BCUT2D eigenvalue weighted by atomic mass is 10.0. The number of imidazole rings is 2. The zero-order valence-corrected chi connectivity index (χ0v) is 26.4. The smallest absolute Gasteiger partial charge is 0.416 e. The van der Waals surface area contributed by atoms with Crippen LogP contribution >= 0.6 is 0 Å². The summed E-state index contributed by atoms with van der Waals surface area (Å²) in [6, 6.07) is 10.1. The highest BCUT2D eigenvalue weighted by molar-refractivity contribution is 6.06. The van der Waals surface area contributed by atoms with Gasteiger partial charge in [0, 0.05) is 41.3 Å². The number of fused-ring (bicyclic) bond motifs is 3. The quantitative estimate of drug-likeness (QED) is 0.242. The van der Waals surface area contributed by atoms with Crippen molar-refractivity contribution in [1.82, 2.24) is 24.5 Å². The summed E-state index contributed by atoms with van der Waals surface area (Å²) >= 11 is 0. The van der Waals surface area contributed by atoms with Gasteiger partial charge in [-0.1, -0.05) is 34.8 Å². The van der Waals surface area contributed by atoms with Gasteiger partial charge in [-0.25, -0.2) is 9.97 Å². The number of nitrogens with one attached hydrogen (secondary N) is 3. The number of alkyl halides is 3. The third kappa shape index (κ3) is 7.33. The number of hydrogen-bond donors (Lipinski definition) is 2. The first-order chi connectivity index (χ1) is 23.0. The van der Waals surface area contributed by atoms with Crippen LogP contribution in [0.1, 0.15) is 81.0 Å². The molecule has 3 N–H and O–H groups in total. The number of hydrogen-bond acceptors (Lipinski definition) is 5. The van der Waals surface area contributed by atoms with E-state index in [0.717, 1.165) is 44.2 Å². The van der Waals surface area contributed by atoms with Crippen LogP contribution in [0.5, 0.6) is 5.75 Å². The van der Waals surface area contributed by atoms with Crippen molar-refractivity contribution in [3.8, 4) is 23.3 Å². The van der Waals surface area contributed by atoms with Gasteiger partial charge >= 0.3 is 11.8 Å². The highest BCUT2D eigenvalue weighted by atomic mass is 19.4. The molecule has 6 rings (SSSR count). The van der Waals surface area contributed by atoms with Crippen LogP contribution in [0.2, 0.25) is 0 Å². The molecule has 0 atom stereocenters. The molecule has 10 nitrogen and oxygen atoms in total. The molecule has 0 radical (unpaired) electrons. The van der Waals surface area contributed by atoms with E-state index in [1.54, 1.807) is 50.5 Å². The first-order valence-electron chi connectivity index (χ1n) is 15.6. The zero-order chi connectivity index (χ0) is 33.8. The predicted molar refractivity (Wildman–Crippen MR) is 171 cm³/mol. The summed E-state index contributed by atoms with van der Waals surface area (Å²) in [5.41, 5.74) is 2.42. The fraction of sp³-hybridized carbons (Fsp3) is 0.286.